The summed E-state index contributed by atoms with van der Waals surface area (Å²) in [4.78, 5) is 2.09. The Morgan fingerprint density at radius 2 is 1.50 bits per heavy atom. The van der Waals surface area contributed by atoms with Gasteiger partial charge in [0.2, 0.25) is 0 Å². The highest BCUT2D eigenvalue weighted by atomic mass is 35.5. The normalized spacial score (nSPS) is 10.8. The predicted octanol–water partition coefficient (Wildman–Crippen LogP) is 1.65. The maximum atomic E-state index is 9.37. The van der Waals surface area contributed by atoms with Crippen molar-refractivity contribution < 1.29 is 10.0 Å². The molecule has 104 valence electrons. The van der Waals surface area contributed by atoms with Crippen molar-refractivity contribution in [3.8, 4) is 0 Å². The van der Waals surface area contributed by atoms with Gasteiger partial charge in [-0.2, -0.15) is 0 Å². The van der Waals surface area contributed by atoms with E-state index in [0.29, 0.717) is 18.6 Å². The Balaban J connectivity index is 2.09. The number of hydrogen-bond acceptors (Lipinski definition) is 3. The van der Waals surface area contributed by atoms with Crippen LogP contribution in [0.5, 0.6) is 0 Å². The summed E-state index contributed by atoms with van der Waals surface area (Å²) in [6.45, 7) is 1.33. The second-order valence-corrected chi connectivity index (χ2v) is 5.24. The van der Waals surface area contributed by atoms with Crippen molar-refractivity contribution in [3.63, 3.8) is 0 Å². The lowest BCUT2D eigenvalue weighted by molar-refractivity contribution is 0.319. The first-order chi connectivity index (χ1) is 9.58. The number of nitrogens with zero attached hydrogens (tertiary/aromatic N) is 1. The molecule has 0 aliphatic rings. The minimum Gasteiger partial charge on any atom is -0.423 e. The van der Waals surface area contributed by atoms with Crippen LogP contribution in [0.4, 0.5) is 0 Å². The van der Waals surface area contributed by atoms with Crippen molar-refractivity contribution in [2.75, 3.05) is 7.05 Å². The molecule has 0 spiro atoms. The topological polar surface area (TPSA) is 43.7 Å². The molecule has 2 rings (SSSR count). The summed E-state index contributed by atoms with van der Waals surface area (Å²) in [5, 5.41) is 19.5. The highest BCUT2D eigenvalue weighted by Gasteiger charge is 2.16. The number of hydrogen-bond donors (Lipinski definition) is 2. The summed E-state index contributed by atoms with van der Waals surface area (Å²) in [5.41, 5.74) is 2.49. The smallest absolute Gasteiger partial charge is 0.423 e. The third kappa shape index (κ3) is 3.84. The zero-order chi connectivity index (χ0) is 14.5. The Labute approximate surface area is 124 Å². The fourth-order valence-electron chi connectivity index (χ4n) is 2.19. The van der Waals surface area contributed by atoms with E-state index in [2.05, 4.69) is 4.90 Å². The molecule has 2 aromatic carbocycles. The van der Waals surface area contributed by atoms with Gasteiger partial charge in [0.25, 0.3) is 0 Å². The van der Waals surface area contributed by atoms with Crippen LogP contribution >= 0.6 is 11.6 Å². The molecule has 0 heterocycles. The highest BCUT2D eigenvalue weighted by molar-refractivity contribution is 6.59. The fourth-order valence-corrected chi connectivity index (χ4v) is 2.39. The molecular formula is C15H17BClNO2. The summed E-state index contributed by atoms with van der Waals surface area (Å²) in [7, 11) is 0.532. The summed E-state index contributed by atoms with van der Waals surface area (Å²) in [5.74, 6) is 0. The molecule has 5 heteroatoms. The third-order valence-corrected chi connectivity index (χ3v) is 3.54. The maximum Gasteiger partial charge on any atom is 0.488 e. The maximum absolute atomic E-state index is 9.37. The van der Waals surface area contributed by atoms with Gasteiger partial charge in [0, 0.05) is 18.1 Å². The molecule has 0 saturated heterocycles. The molecule has 3 nitrogen and oxygen atoms in total. The zero-order valence-corrected chi connectivity index (χ0v) is 12.1. The molecule has 0 radical (unpaired) electrons. The lowest BCUT2D eigenvalue weighted by Crippen LogP contribution is -2.34. The number of benzene rings is 2. The van der Waals surface area contributed by atoms with Crippen molar-refractivity contribution in [2.24, 2.45) is 0 Å². The summed E-state index contributed by atoms with van der Waals surface area (Å²) >= 11 is 6.15. The van der Waals surface area contributed by atoms with Gasteiger partial charge in [-0.05, 0) is 29.7 Å². The molecule has 0 atom stereocenters. The van der Waals surface area contributed by atoms with Crippen molar-refractivity contribution in [3.05, 3.63) is 64.7 Å². The van der Waals surface area contributed by atoms with Gasteiger partial charge in [-0.15, -0.1) is 0 Å². The van der Waals surface area contributed by atoms with E-state index in [9.17, 15) is 10.0 Å². The minimum atomic E-state index is -1.44. The van der Waals surface area contributed by atoms with E-state index in [1.807, 2.05) is 43.4 Å². The van der Waals surface area contributed by atoms with Gasteiger partial charge in [-0.1, -0.05) is 54.1 Å². The van der Waals surface area contributed by atoms with Crippen LogP contribution in [-0.4, -0.2) is 29.1 Å². The van der Waals surface area contributed by atoms with Crippen molar-refractivity contribution in [1.29, 1.82) is 0 Å². The van der Waals surface area contributed by atoms with E-state index in [1.165, 1.54) is 0 Å². The SMILES string of the molecule is CN(Cc1ccccc1Cl)Cc1ccccc1B(O)O. The monoisotopic (exact) mass is 289 g/mol. The first-order valence-corrected chi connectivity index (χ1v) is 6.81. The molecule has 0 unspecified atom stereocenters. The number of halogens is 1. The van der Waals surface area contributed by atoms with E-state index in [-0.39, 0.29) is 0 Å². The van der Waals surface area contributed by atoms with E-state index in [1.54, 1.807) is 12.1 Å². The van der Waals surface area contributed by atoms with Crippen LogP contribution in [0.3, 0.4) is 0 Å². The van der Waals surface area contributed by atoms with E-state index < -0.39 is 7.12 Å². The summed E-state index contributed by atoms with van der Waals surface area (Å²) < 4.78 is 0. The molecule has 0 bridgehead atoms. The highest BCUT2D eigenvalue weighted by Crippen LogP contribution is 2.17. The second kappa shape index (κ2) is 6.91. The van der Waals surface area contributed by atoms with Gasteiger partial charge in [0.05, 0.1) is 0 Å². The van der Waals surface area contributed by atoms with Gasteiger partial charge < -0.3 is 10.0 Å². The van der Waals surface area contributed by atoms with Crippen LogP contribution in [0.1, 0.15) is 11.1 Å². The lowest BCUT2D eigenvalue weighted by atomic mass is 9.77. The Morgan fingerprint density at radius 1 is 0.950 bits per heavy atom. The molecule has 0 aliphatic carbocycles. The van der Waals surface area contributed by atoms with E-state index in [4.69, 9.17) is 11.6 Å². The molecule has 0 fully saturated rings. The van der Waals surface area contributed by atoms with Crippen LogP contribution < -0.4 is 5.46 Å². The molecule has 0 aliphatic heterocycles. The Kier molecular flexibility index (Phi) is 5.20. The quantitative estimate of drug-likeness (QED) is 0.823. The van der Waals surface area contributed by atoms with Crippen molar-refractivity contribution >= 4 is 24.2 Å². The van der Waals surface area contributed by atoms with Crippen molar-refractivity contribution in [1.82, 2.24) is 4.90 Å². The lowest BCUT2D eigenvalue weighted by Gasteiger charge is -2.19. The molecule has 20 heavy (non-hydrogen) atoms. The average Bonchev–Trinajstić information content (AvgIpc) is 2.41. The second-order valence-electron chi connectivity index (χ2n) is 4.84. The van der Waals surface area contributed by atoms with Gasteiger partial charge >= 0.3 is 7.12 Å². The van der Waals surface area contributed by atoms with Crippen LogP contribution in [-0.2, 0) is 13.1 Å². The van der Waals surface area contributed by atoms with Crippen LogP contribution in [0.25, 0.3) is 0 Å². The first kappa shape index (κ1) is 15.1. The Bertz CT molecular complexity index is 577. The molecule has 2 aromatic rings. The zero-order valence-electron chi connectivity index (χ0n) is 11.3. The summed E-state index contributed by atoms with van der Waals surface area (Å²) in [6, 6.07) is 15.0. The van der Waals surface area contributed by atoms with Gasteiger partial charge in [-0.3, -0.25) is 4.90 Å². The fraction of sp³-hybridized carbons (Fsp3) is 0.200. The largest absolute Gasteiger partial charge is 0.488 e. The molecule has 0 amide bonds. The van der Waals surface area contributed by atoms with Crippen LogP contribution in [0, 0.1) is 0 Å². The molecule has 0 aromatic heterocycles. The number of rotatable bonds is 5. The minimum absolute atomic E-state index is 0.540. The molecule has 0 saturated carbocycles. The van der Waals surface area contributed by atoms with Gasteiger partial charge in [-0.25, -0.2) is 0 Å². The first-order valence-electron chi connectivity index (χ1n) is 6.44. The third-order valence-electron chi connectivity index (χ3n) is 3.17. The predicted molar refractivity (Wildman–Crippen MR) is 82.9 cm³/mol. The van der Waals surface area contributed by atoms with Gasteiger partial charge in [0.1, 0.15) is 0 Å². The van der Waals surface area contributed by atoms with Crippen LogP contribution in [0.2, 0.25) is 5.02 Å². The van der Waals surface area contributed by atoms with E-state index in [0.717, 1.165) is 16.1 Å². The Hall–Kier alpha value is -1.33. The van der Waals surface area contributed by atoms with Gasteiger partial charge in [0.15, 0.2) is 0 Å². The summed E-state index contributed by atoms with van der Waals surface area (Å²) in [6.07, 6.45) is 0. The average molecular weight is 290 g/mol. The Morgan fingerprint density at radius 3 is 2.15 bits per heavy atom. The van der Waals surface area contributed by atoms with Crippen LogP contribution in [0.15, 0.2) is 48.5 Å². The molecular weight excluding hydrogens is 272 g/mol. The van der Waals surface area contributed by atoms with Crippen molar-refractivity contribution in [2.45, 2.75) is 13.1 Å². The molecule has 2 N–H and O–H groups in total. The van der Waals surface area contributed by atoms with E-state index >= 15 is 0 Å². The standard InChI is InChI=1S/C15H17BClNO2/c1-18(11-13-7-3-5-9-15(13)17)10-12-6-2-4-8-14(12)16(19)20/h2-9,19-20H,10-11H2,1H3.